The van der Waals surface area contributed by atoms with Crippen molar-refractivity contribution >= 4 is 5.69 Å². The van der Waals surface area contributed by atoms with Gasteiger partial charge in [0.2, 0.25) is 0 Å². The summed E-state index contributed by atoms with van der Waals surface area (Å²) >= 11 is 0. The molecule has 0 saturated heterocycles. The van der Waals surface area contributed by atoms with Crippen LogP contribution < -0.4 is 11.5 Å². The Kier molecular flexibility index (Phi) is 4.00. The highest BCUT2D eigenvalue weighted by molar-refractivity contribution is 5.44. The average Bonchev–Trinajstić information content (AvgIpc) is 2.32. The van der Waals surface area contributed by atoms with Gasteiger partial charge in [0.15, 0.2) is 0 Å². The lowest BCUT2D eigenvalue weighted by atomic mass is 9.77. The fraction of sp³-hybridized carbons (Fsp3) is 0.643. The molecule has 3 atom stereocenters. The van der Waals surface area contributed by atoms with E-state index in [1.54, 1.807) is 6.20 Å². The van der Waals surface area contributed by atoms with E-state index in [2.05, 4.69) is 11.9 Å². The minimum atomic E-state index is 0.226. The van der Waals surface area contributed by atoms with Crippen molar-refractivity contribution in [1.29, 1.82) is 0 Å². The third kappa shape index (κ3) is 3.19. The van der Waals surface area contributed by atoms with Crippen molar-refractivity contribution in [2.75, 3.05) is 5.73 Å². The highest BCUT2D eigenvalue weighted by atomic mass is 14.7. The number of nitrogen functional groups attached to an aromatic ring is 1. The maximum Gasteiger partial charge on any atom is 0.0378 e. The minimum Gasteiger partial charge on any atom is -0.398 e. The molecule has 4 N–H and O–H groups in total. The van der Waals surface area contributed by atoms with Crippen LogP contribution in [0.4, 0.5) is 5.69 Å². The Bertz CT molecular complexity index is 364. The van der Waals surface area contributed by atoms with Crippen LogP contribution in [-0.2, 0) is 6.42 Å². The molecule has 94 valence electrons. The van der Waals surface area contributed by atoms with E-state index >= 15 is 0 Å². The SMILES string of the molecule is CC1CCCC(C(N)Cc2cnccc2N)C1. The zero-order valence-electron chi connectivity index (χ0n) is 10.6. The van der Waals surface area contributed by atoms with E-state index in [-0.39, 0.29) is 6.04 Å². The Hall–Kier alpha value is -1.09. The summed E-state index contributed by atoms with van der Waals surface area (Å²) in [6, 6.07) is 2.08. The molecule has 1 heterocycles. The van der Waals surface area contributed by atoms with Crippen molar-refractivity contribution in [2.24, 2.45) is 17.6 Å². The molecule has 0 bridgehead atoms. The number of pyridine rings is 1. The largest absolute Gasteiger partial charge is 0.398 e. The molecule has 0 aliphatic heterocycles. The number of anilines is 1. The first-order valence-electron chi connectivity index (χ1n) is 6.60. The lowest BCUT2D eigenvalue weighted by Crippen LogP contribution is -2.35. The number of rotatable bonds is 3. The molecule has 0 amide bonds. The molecule has 1 aromatic rings. The molecule has 1 fully saturated rings. The van der Waals surface area contributed by atoms with E-state index in [1.165, 1.54) is 25.7 Å². The average molecular weight is 233 g/mol. The van der Waals surface area contributed by atoms with Crippen molar-refractivity contribution in [2.45, 2.75) is 45.1 Å². The second-order valence-electron chi connectivity index (χ2n) is 5.47. The summed E-state index contributed by atoms with van der Waals surface area (Å²) in [5.74, 6) is 1.48. The van der Waals surface area contributed by atoms with E-state index in [0.29, 0.717) is 5.92 Å². The van der Waals surface area contributed by atoms with Crippen LogP contribution in [0.25, 0.3) is 0 Å². The highest BCUT2D eigenvalue weighted by Crippen LogP contribution is 2.31. The zero-order chi connectivity index (χ0) is 12.3. The first-order chi connectivity index (χ1) is 8.16. The third-order valence-corrected chi connectivity index (χ3v) is 3.98. The number of hydrogen-bond donors (Lipinski definition) is 2. The summed E-state index contributed by atoms with van der Waals surface area (Å²) in [6.07, 6.45) is 9.65. The second-order valence-corrected chi connectivity index (χ2v) is 5.47. The van der Waals surface area contributed by atoms with Crippen LogP contribution in [0.15, 0.2) is 18.5 Å². The molecule has 1 aromatic heterocycles. The van der Waals surface area contributed by atoms with Gasteiger partial charge in [-0.1, -0.05) is 19.8 Å². The molecular formula is C14H23N3. The molecule has 3 heteroatoms. The molecule has 0 radical (unpaired) electrons. The molecule has 0 spiro atoms. The van der Waals surface area contributed by atoms with Gasteiger partial charge in [-0.3, -0.25) is 4.98 Å². The molecular weight excluding hydrogens is 210 g/mol. The maximum absolute atomic E-state index is 6.33. The monoisotopic (exact) mass is 233 g/mol. The van der Waals surface area contributed by atoms with Gasteiger partial charge in [-0.15, -0.1) is 0 Å². The summed E-state index contributed by atoms with van der Waals surface area (Å²) in [4.78, 5) is 4.12. The second kappa shape index (κ2) is 5.50. The van der Waals surface area contributed by atoms with Gasteiger partial charge in [0, 0.05) is 24.1 Å². The van der Waals surface area contributed by atoms with Crippen LogP contribution in [0, 0.1) is 11.8 Å². The van der Waals surface area contributed by atoms with E-state index in [1.807, 2.05) is 12.3 Å². The van der Waals surface area contributed by atoms with Gasteiger partial charge in [0.25, 0.3) is 0 Å². The summed E-state index contributed by atoms with van der Waals surface area (Å²) in [6.45, 7) is 2.33. The molecule has 3 nitrogen and oxygen atoms in total. The minimum absolute atomic E-state index is 0.226. The first kappa shape index (κ1) is 12.4. The van der Waals surface area contributed by atoms with Crippen molar-refractivity contribution in [3.8, 4) is 0 Å². The number of aromatic nitrogens is 1. The van der Waals surface area contributed by atoms with E-state index in [9.17, 15) is 0 Å². The maximum atomic E-state index is 6.33. The predicted molar refractivity (Wildman–Crippen MR) is 71.5 cm³/mol. The molecule has 0 aromatic carbocycles. The van der Waals surface area contributed by atoms with E-state index in [4.69, 9.17) is 11.5 Å². The number of nitrogens with zero attached hydrogens (tertiary/aromatic N) is 1. The van der Waals surface area contributed by atoms with Gasteiger partial charge in [-0.05, 0) is 42.7 Å². The normalized spacial score (nSPS) is 26.7. The van der Waals surface area contributed by atoms with Crippen LogP contribution in [-0.4, -0.2) is 11.0 Å². The molecule has 1 aliphatic carbocycles. The van der Waals surface area contributed by atoms with E-state index in [0.717, 1.165) is 23.6 Å². The van der Waals surface area contributed by atoms with Crippen molar-refractivity contribution < 1.29 is 0 Å². The smallest absolute Gasteiger partial charge is 0.0378 e. The standard InChI is InChI=1S/C14H23N3/c1-10-3-2-4-11(7-10)14(16)8-12-9-17-6-5-13(12)15/h5-6,9-11,14H,2-4,7-8,16H2,1H3,(H2,15,17). The highest BCUT2D eigenvalue weighted by Gasteiger charge is 2.24. The number of nitrogens with two attached hydrogens (primary N) is 2. The molecule has 1 saturated carbocycles. The van der Waals surface area contributed by atoms with Gasteiger partial charge < -0.3 is 11.5 Å². The Balaban J connectivity index is 1.96. The fourth-order valence-electron chi connectivity index (χ4n) is 2.90. The van der Waals surface area contributed by atoms with Crippen LogP contribution in [0.3, 0.4) is 0 Å². The van der Waals surface area contributed by atoms with Crippen molar-refractivity contribution in [3.63, 3.8) is 0 Å². The van der Waals surface area contributed by atoms with Crippen LogP contribution in [0.5, 0.6) is 0 Å². The van der Waals surface area contributed by atoms with Gasteiger partial charge in [0.1, 0.15) is 0 Å². The first-order valence-corrected chi connectivity index (χ1v) is 6.60. The summed E-state index contributed by atoms with van der Waals surface area (Å²) < 4.78 is 0. The number of hydrogen-bond acceptors (Lipinski definition) is 3. The van der Waals surface area contributed by atoms with Crippen molar-refractivity contribution in [1.82, 2.24) is 4.98 Å². The van der Waals surface area contributed by atoms with Crippen molar-refractivity contribution in [3.05, 3.63) is 24.0 Å². The molecule has 2 rings (SSSR count). The van der Waals surface area contributed by atoms with Crippen LogP contribution >= 0.6 is 0 Å². The summed E-state index contributed by atoms with van der Waals surface area (Å²) in [5.41, 5.74) is 14.2. The van der Waals surface area contributed by atoms with Crippen LogP contribution in [0.1, 0.15) is 38.2 Å². The Labute approximate surface area is 104 Å². The third-order valence-electron chi connectivity index (χ3n) is 3.98. The molecule has 17 heavy (non-hydrogen) atoms. The fourth-order valence-corrected chi connectivity index (χ4v) is 2.90. The van der Waals surface area contributed by atoms with E-state index < -0.39 is 0 Å². The predicted octanol–water partition coefficient (Wildman–Crippen LogP) is 2.36. The Morgan fingerprint density at radius 1 is 1.47 bits per heavy atom. The van der Waals surface area contributed by atoms with Gasteiger partial charge in [0.05, 0.1) is 0 Å². The molecule has 3 unspecified atom stereocenters. The Morgan fingerprint density at radius 2 is 2.29 bits per heavy atom. The van der Waals surface area contributed by atoms with Gasteiger partial charge in [-0.2, -0.15) is 0 Å². The van der Waals surface area contributed by atoms with Crippen LogP contribution in [0.2, 0.25) is 0 Å². The summed E-state index contributed by atoms with van der Waals surface area (Å²) in [5, 5.41) is 0. The summed E-state index contributed by atoms with van der Waals surface area (Å²) in [7, 11) is 0. The lowest BCUT2D eigenvalue weighted by Gasteiger charge is -2.31. The molecule has 1 aliphatic rings. The Morgan fingerprint density at radius 3 is 3.00 bits per heavy atom. The van der Waals surface area contributed by atoms with Gasteiger partial charge >= 0.3 is 0 Å². The quantitative estimate of drug-likeness (QED) is 0.842. The topological polar surface area (TPSA) is 64.9 Å². The lowest BCUT2D eigenvalue weighted by molar-refractivity contribution is 0.245. The van der Waals surface area contributed by atoms with Gasteiger partial charge in [-0.25, -0.2) is 0 Å². The zero-order valence-corrected chi connectivity index (χ0v) is 10.6.